The van der Waals surface area contributed by atoms with Crippen LogP contribution in [0.3, 0.4) is 0 Å². The fourth-order valence-electron chi connectivity index (χ4n) is 4.44. The Labute approximate surface area is 247 Å². The summed E-state index contributed by atoms with van der Waals surface area (Å²) in [7, 11) is 7.27. The first-order valence-corrected chi connectivity index (χ1v) is 13.7. The first-order chi connectivity index (χ1) is 19.5. The number of carbonyl (C=O) groups is 4. The SMILES string of the molecule is CN(C)CCC(=O)C(C)(C)C(OC(=O)C(=O)OC(c1ccc(F)cc1)C(C)(C)C(=O)CCN(C)C)c1ccc(F)cc1. The zero-order valence-corrected chi connectivity index (χ0v) is 25.7. The summed E-state index contributed by atoms with van der Waals surface area (Å²) in [4.78, 5) is 56.6. The van der Waals surface area contributed by atoms with Crippen molar-refractivity contribution in [3.8, 4) is 0 Å². The zero-order chi connectivity index (χ0) is 31.8. The normalized spacial score (nSPS) is 13.5. The molecule has 10 heteroatoms. The third-order valence-corrected chi connectivity index (χ3v) is 7.28. The Hall–Kier alpha value is -3.50. The molecule has 0 heterocycles. The van der Waals surface area contributed by atoms with Crippen LogP contribution in [-0.2, 0) is 28.7 Å². The van der Waals surface area contributed by atoms with E-state index in [1.807, 2.05) is 38.0 Å². The van der Waals surface area contributed by atoms with E-state index < -0.39 is 46.6 Å². The summed E-state index contributed by atoms with van der Waals surface area (Å²) >= 11 is 0. The number of ketones is 2. The van der Waals surface area contributed by atoms with E-state index in [1.54, 1.807) is 27.7 Å². The van der Waals surface area contributed by atoms with Gasteiger partial charge in [0.1, 0.15) is 35.4 Å². The molecule has 0 aliphatic rings. The van der Waals surface area contributed by atoms with Gasteiger partial charge in [0.15, 0.2) is 0 Å². The number of rotatable bonds is 14. The van der Waals surface area contributed by atoms with Crippen molar-refractivity contribution in [2.75, 3.05) is 41.3 Å². The molecule has 0 spiro atoms. The highest BCUT2D eigenvalue weighted by atomic mass is 19.1. The number of halogens is 2. The van der Waals surface area contributed by atoms with Crippen LogP contribution >= 0.6 is 0 Å². The summed E-state index contributed by atoms with van der Waals surface area (Å²) in [6, 6.07) is 10.2. The first-order valence-electron chi connectivity index (χ1n) is 13.7. The monoisotopic (exact) mass is 588 g/mol. The van der Waals surface area contributed by atoms with Gasteiger partial charge in [-0.2, -0.15) is 0 Å². The number of benzene rings is 2. The largest absolute Gasteiger partial charge is 0.448 e. The Morgan fingerprint density at radius 3 is 1.17 bits per heavy atom. The maximum atomic E-state index is 13.7. The molecule has 2 atom stereocenters. The molecule has 42 heavy (non-hydrogen) atoms. The molecule has 0 aliphatic heterocycles. The van der Waals surface area contributed by atoms with E-state index in [0.29, 0.717) is 24.2 Å². The minimum Gasteiger partial charge on any atom is -0.448 e. The van der Waals surface area contributed by atoms with Crippen LogP contribution in [0.4, 0.5) is 8.78 Å². The van der Waals surface area contributed by atoms with Gasteiger partial charge >= 0.3 is 11.9 Å². The molecule has 8 nitrogen and oxygen atoms in total. The standard InChI is InChI=1S/C32H42F2N2O6/c1-31(2,25(37)17-19-35(5)6)27(21-9-13-23(33)14-10-21)41-29(39)30(40)42-28(22-11-15-24(34)16-12-22)32(3,4)26(38)18-20-36(7)8/h9-16,27-28H,17-20H2,1-8H3. The number of carbonyl (C=O) groups excluding carboxylic acids is 4. The molecule has 2 aromatic rings. The molecule has 0 amide bonds. The molecule has 0 saturated carbocycles. The Morgan fingerprint density at radius 2 is 0.905 bits per heavy atom. The molecule has 0 aliphatic carbocycles. The third-order valence-electron chi connectivity index (χ3n) is 7.28. The van der Waals surface area contributed by atoms with Crippen LogP contribution in [0, 0.1) is 22.5 Å². The van der Waals surface area contributed by atoms with Gasteiger partial charge < -0.3 is 19.3 Å². The predicted molar refractivity (Wildman–Crippen MR) is 154 cm³/mol. The van der Waals surface area contributed by atoms with E-state index in [4.69, 9.17) is 9.47 Å². The number of esters is 2. The van der Waals surface area contributed by atoms with Gasteiger partial charge in [0.25, 0.3) is 0 Å². The molecule has 0 saturated heterocycles. The summed E-state index contributed by atoms with van der Waals surface area (Å²) in [6.45, 7) is 7.25. The van der Waals surface area contributed by atoms with Gasteiger partial charge in [0.2, 0.25) is 0 Å². The number of hydrogen-bond acceptors (Lipinski definition) is 8. The van der Waals surface area contributed by atoms with Gasteiger partial charge in [0, 0.05) is 25.9 Å². The average Bonchev–Trinajstić information content (AvgIpc) is 2.92. The van der Waals surface area contributed by atoms with Crippen LogP contribution in [0.2, 0.25) is 0 Å². The molecule has 2 rings (SSSR count). The van der Waals surface area contributed by atoms with Gasteiger partial charge in [-0.1, -0.05) is 24.3 Å². The van der Waals surface area contributed by atoms with Gasteiger partial charge in [-0.15, -0.1) is 0 Å². The van der Waals surface area contributed by atoms with Crippen LogP contribution in [0.25, 0.3) is 0 Å². The van der Waals surface area contributed by atoms with Crippen molar-refractivity contribution in [2.45, 2.75) is 52.7 Å². The topological polar surface area (TPSA) is 93.2 Å². The highest BCUT2D eigenvalue weighted by Crippen LogP contribution is 2.41. The number of ether oxygens (including phenoxy) is 2. The fraction of sp³-hybridized carbons (Fsp3) is 0.500. The maximum Gasteiger partial charge on any atom is 0.418 e. The van der Waals surface area contributed by atoms with Crippen molar-refractivity contribution in [3.63, 3.8) is 0 Å². The molecule has 0 aromatic heterocycles. The molecule has 0 fully saturated rings. The van der Waals surface area contributed by atoms with Gasteiger partial charge in [0.05, 0.1) is 10.8 Å². The van der Waals surface area contributed by atoms with Gasteiger partial charge in [-0.3, -0.25) is 9.59 Å². The number of nitrogens with zero attached hydrogens (tertiary/aromatic N) is 2. The Kier molecular flexibility index (Phi) is 12.1. The van der Waals surface area contributed by atoms with Crippen molar-refractivity contribution >= 4 is 23.5 Å². The summed E-state index contributed by atoms with van der Waals surface area (Å²) in [6.07, 6.45) is -2.19. The van der Waals surface area contributed by atoms with Crippen molar-refractivity contribution in [1.82, 2.24) is 9.80 Å². The second kappa shape index (κ2) is 14.6. The molecular formula is C32H42F2N2O6. The van der Waals surface area contributed by atoms with E-state index in [0.717, 1.165) is 0 Å². The summed E-state index contributed by atoms with van der Waals surface area (Å²) in [5, 5.41) is 0. The minimum atomic E-state index is -1.39. The lowest BCUT2D eigenvalue weighted by atomic mass is 9.77. The summed E-state index contributed by atoms with van der Waals surface area (Å²) in [5.41, 5.74) is -1.95. The molecule has 0 radical (unpaired) electrons. The Balaban J connectivity index is 2.40. The number of hydrogen-bond donors (Lipinski definition) is 0. The lowest BCUT2D eigenvalue weighted by Crippen LogP contribution is -2.39. The molecule has 0 N–H and O–H groups in total. The third kappa shape index (κ3) is 9.25. The van der Waals surface area contributed by atoms with Crippen LogP contribution in [0.5, 0.6) is 0 Å². The van der Waals surface area contributed by atoms with Gasteiger partial charge in [-0.05, 0) is 91.3 Å². The van der Waals surface area contributed by atoms with Crippen LogP contribution in [-0.4, -0.2) is 74.6 Å². The zero-order valence-electron chi connectivity index (χ0n) is 25.7. The van der Waals surface area contributed by atoms with E-state index in [9.17, 15) is 28.0 Å². The van der Waals surface area contributed by atoms with Crippen molar-refractivity contribution in [1.29, 1.82) is 0 Å². The van der Waals surface area contributed by atoms with Crippen molar-refractivity contribution in [3.05, 3.63) is 71.3 Å². The van der Waals surface area contributed by atoms with E-state index in [1.165, 1.54) is 48.5 Å². The first kappa shape index (κ1) is 34.7. The second-order valence-corrected chi connectivity index (χ2v) is 12.1. The molecule has 230 valence electrons. The molecular weight excluding hydrogens is 546 g/mol. The van der Waals surface area contributed by atoms with Crippen molar-refractivity contribution in [2.24, 2.45) is 10.8 Å². The lowest BCUT2D eigenvalue weighted by molar-refractivity contribution is -0.183. The Bertz CT molecular complexity index is 1140. The van der Waals surface area contributed by atoms with Crippen molar-refractivity contribution < 1.29 is 37.4 Å². The molecule has 2 aromatic carbocycles. The van der Waals surface area contributed by atoms with E-state index in [2.05, 4.69) is 0 Å². The van der Waals surface area contributed by atoms with Gasteiger partial charge in [-0.25, -0.2) is 18.4 Å². The second-order valence-electron chi connectivity index (χ2n) is 12.1. The highest BCUT2D eigenvalue weighted by Gasteiger charge is 2.44. The summed E-state index contributed by atoms with van der Waals surface area (Å²) < 4.78 is 38.6. The highest BCUT2D eigenvalue weighted by molar-refractivity contribution is 6.29. The average molecular weight is 589 g/mol. The molecule has 2 unspecified atom stereocenters. The fourth-order valence-corrected chi connectivity index (χ4v) is 4.44. The summed E-state index contributed by atoms with van der Waals surface area (Å²) in [5.74, 6) is -4.29. The van der Waals surface area contributed by atoms with E-state index >= 15 is 0 Å². The quantitative estimate of drug-likeness (QED) is 0.227. The Morgan fingerprint density at radius 1 is 0.619 bits per heavy atom. The van der Waals surface area contributed by atoms with Crippen LogP contribution in [0.1, 0.15) is 63.9 Å². The number of Topliss-reactive ketones (excluding diaryl/α,β-unsaturated/α-hetero) is 2. The minimum absolute atomic E-state index is 0.148. The van der Waals surface area contributed by atoms with E-state index in [-0.39, 0.29) is 24.4 Å². The van der Waals surface area contributed by atoms with Crippen LogP contribution < -0.4 is 0 Å². The lowest BCUT2D eigenvalue weighted by Gasteiger charge is -2.34. The molecule has 0 bridgehead atoms. The predicted octanol–water partition coefficient (Wildman–Crippen LogP) is 4.93. The maximum absolute atomic E-state index is 13.7. The smallest absolute Gasteiger partial charge is 0.418 e. The van der Waals surface area contributed by atoms with Crippen LogP contribution in [0.15, 0.2) is 48.5 Å².